The monoisotopic (exact) mass is 758 g/mol. The molecule has 0 radical (unpaired) electrons. The van der Waals surface area contributed by atoms with Gasteiger partial charge in [0, 0.05) is 22.6 Å². The zero-order chi connectivity index (χ0) is 41.3. The quantitative estimate of drug-likeness (QED) is 0.168. The Hall–Kier alpha value is -5.28. The lowest BCUT2D eigenvalue weighted by Gasteiger charge is -2.45. The first kappa shape index (κ1) is 38.2. The van der Waals surface area contributed by atoms with Crippen molar-refractivity contribution in [1.29, 1.82) is 0 Å². The Morgan fingerprint density at radius 3 is 1.26 bits per heavy atom. The minimum Gasteiger partial charge on any atom is -0.475 e. The maximum absolute atomic E-state index is 6.09. The van der Waals surface area contributed by atoms with Crippen LogP contribution in [0.25, 0.3) is 11.1 Å². The van der Waals surface area contributed by atoms with Crippen LogP contribution in [0, 0.1) is 83.1 Å². The standard InChI is InChI=1S/C53H56B2N2O/c1-28-15-21-47-43(23-28)54(49-36(9)32(5)30(3)33(6)37(49)10)45-25-42(40-17-19-41(20-18-40)52-56-53(13,14)27-58-52)26-46-51(45)57(47)48-22-16-29(2)24-44(48)55(46)50-38(11)34(7)31(4)35(8)39(50)12/h15-26H,27H2,1-14H3. The molecule has 3 aliphatic heterocycles. The lowest BCUT2D eigenvalue weighted by atomic mass is 9.29. The number of anilines is 3. The normalized spacial score (nSPS) is 14.9. The van der Waals surface area contributed by atoms with E-state index < -0.39 is 0 Å². The second-order valence-electron chi connectivity index (χ2n) is 18.5. The van der Waals surface area contributed by atoms with Crippen molar-refractivity contribution in [2.75, 3.05) is 11.5 Å². The Balaban J connectivity index is 1.42. The summed E-state index contributed by atoms with van der Waals surface area (Å²) < 4.78 is 6.09. The van der Waals surface area contributed by atoms with E-state index in [-0.39, 0.29) is 19.0 Å². The zero-order valence-electron chi connectivity index (χ0n) is 37.1. The topological polar surface area (TPSA) is 24.8 Å². The van der Waals surface area contributed by atoms with Crippen LogP contribution in [0.2, 0.25) is 0 Å². The van der Waals surface area contributed by atoms with E-state index in [1.54, 1.807) is 0 Å². The van der Waals surface area contributed by atoms with E-state index in [0.717, 1.165) is 11.5 Å². The molecular formula is C53H56B2N2O. The maximum Gasteiger partial charge on any atom is 0.247 e. The van der Waals surface area contributed by atoms with Gasteiger partial charge in [-0.1, -0.05) is 92.8 Å². The Bertz CT molecular complexity index is 2580. The molecule has 3 nitrogen and oxygen atoms in total. The van der Waals surface area contributed by atoms with Gasteiger partial charge in [0.2, 0.25) is 19.3 Å². The molecule has 0 N–H and O–H groups in total. The summed E-state index contributed by atoms with van der Waals surface area (Å²) in [5, 5.41) is 0. The molecule has 9 rings (SSSR count). The summed E-state index contributed by atoms with van der Waals surface area (Å²) in [6.07, 6.45) is 0. The minimum absolute atomic E-state index is 0.0527. The molecule has 290 valence electrons. The smallest absolute Gasteiger partial charge is 0.247 e. The van der Waals surface area contributed by atoms with Gasteiger partial charge in [-0.2, -0.15) is 0 Å². The van der Waals surface area contributed by atoms with E-state index in [2.05, 4.69) is 175 Å². The molecule has 0 spiro atoms. The highest BCUT2D eigenvalue weighted by Crippen LogP contribution is 2.40. The number of hydrogen-bond acceptors (Lipinski definition) is 3. The van der Waals surface area contributed by atoms with Crippen LogP contribution in [-0.4, -0.2) is 31.5 Å². The maximum atomic E-state index is 6.09. The van der Waals surface area contributed by atoms with Gasteiger partial charge in [0.1, 0.15) is 6.61 Å². The summed E-state index contributed by atoms with van der Waals surface area (Å²) in [7, 11) is 0. The second-order valence-corrected chi connectivity index (χ2v) is 18.5. The van der Waals surface area contributed by atoms with Crippen molar-refractivity contribution in [3.8, 4) is 11.1 Å². The van der Waals surface area contributed by atoms with E-state index in [0.29, 0.717) is 6.61 Å². The summed E-state index contributed by atoms with van der Waals surface area (Å²) in [4.78, 5) is 7.53. The van der Waals surface area contributed by atoms with Crippen molar-refractivity contribution >= 4 is 69.2 Å². The number of rotatable bonds is 4. The number of benzene rings is 6. The Kier molecular flexibility index (Phi) is 8.82. The Morgan fingerprint density at radius 2 is 0.862 bits per heavy atom. The number of aliphatic imine (C=N–C) groups is 1. The van der Waals surface area contributed by atoms with Gasteiger partial charge in [-0.25, -0.2) is 4.99 Å². The molecule has 0 unspecified atom stereocenters. The molecule has 0 bridgehead atoms. The second kappa shape index (κ2) is 13.4. The first-order chi connectivity index (χ1) is 27.5. The molecule has 58 heavy (non-hydrogen) atoms. The van der Waals surface area contributed by atoms with Crippen molar-refractivity contribution in [3.05, 3.63) is 145 Å². The molecule has 0 fully saturated rings. The molecule has 0 saturated carbocycles. The van der Waals surface area contributed by atoms with Crippen molar-refractivity contribution in [3.63, 3.8) is 0 Å². The molecule has 0 saturated heterocycles. The number of ether oxygens (including phenoxy) is 1. The van der Waals surface area contributed by atoms with Crippen molar-refractivity contribution in [2.24, 2.45) is 4.99 Å². The number of hydrogen-bond donors (Lipinski definition) is 0. The average Bonchev–Trinajstić information content (AvgIpc) is 3.58. The van der Waals surface area contributed by atoms with E-state index in [1.807, 2.05) is 0 Å². The lowest BCUT2D eigenvalue weighted by Crippen LogP contribution is -2.66. The molecule has 0 aliphatic carbocycles. The predicted octanol–water partition coefficient (Wildman–Crippen LogP) is 8.74. The van der Waals surface area contributed by atoms with Crippen LogP contribution in [-0.2, 0) is 4.74 Å². The Labute approximate surface area is 347 Å². The molecule has 3 heterocycles. The lowest BCUT2D eigenvalue weighted by molar-refractivity contribution is 0.279. The van der Waals surface area contributed by atoms with Gasteiger partial charge in [0.15, 0.2) is 0 Å². The average molecular weight is 759 g/mol. The summed E-state index contributed by atoms with van der Waals surface area (Å²) in [5.74, 6) is 0.735. The number of aryl methyl sites for hydroxylation is 2. The van der Waals surface area contributed by atoms with Crippen LogP contribution >= 0.6 is 0 Å². The van der Waals surface area contributed by atoms with Crippen LogP contribution in [0.4, 0.5) is 17.1 Å². The summed E-state index contributed by atoms with van der Waals surface area (Å²) in [6, 6.07) is 28.4. The van der Waals surface area contributed by atoms with E-state index in [9.17, 15) is 0 Å². The van der Waals surface area contributed by atoms with Crippen molar-refractivity contribution < 1.29 is 4.74 Å². The third-order valence-electron chi connectivity index (χ3n) is 14.6. The number of fused-ring (bicyclic) bond motifs is 4. The van der Waals surface area contributed by atoms with Gasteiger partial charge < -0.3 is 9.64 Å². The van der Waals surface area contributed by atoms with E-state index in [4.69, 9.17) is 9.73 Å². The highest BCUT2D eigenvalue weighted by atomic mass is 16.5. The molecule has 6 aromatic carbocycles. The van der Waals surface area contributed by atoms with Gasteiger partial charge in [-0.3, -0.25) is 0 Å². The molecule has 3 aliphatic rings. The molecule has 0 atom stereocenters. The van der Waals surface area contributed by atoms with Crippen LogP contribution in [0.3, 0.4) is 0 Å². The van der Waals surface area contributed by atoms with Gasteiger partial charge in [0.25, 0.3) is 0 Å². The molecular weight excluding hydrogens is 702 g/mol. The van der Waals surface area contributed by atoms with Gasteiger partial charge in [-0.15, -0.1) is 0 Å². The largest absolute Gasteiger partial charge is 0.475 e. The fourth-order valence-electron chi connectivity index (χ4n) is 10.6. The first-order valence-corrected chi connectivity index (χ1v) is 21.1. The predicted molar refractivity (Wildman–Crippen MR) is 252 cm³/mol. The zero-order valence-corrected chi connectivity index (χ0v) is 37.1. The Morgan fingerprint density at radius 1 is 0.466 bits per heavy atom. The van der Waals surface area contributed by atoms with Crippen molar-refractivity contribution in [1.82, 2.24) is 0 Å². The van der Waals surface area contributed by atoms with Crippen LogP contribution in [0.15, 0.2) is 77.8 Å². The van der Waals surface area contributed by atoms with Crippen LogP contribution in [0.1, 0.15) is 86.2 Å². The van der Waals surface area contributed by atoms with Gasteiger partial charge in [0.05, 0.1) is 5.54 Å². The molecule has 5 heteroatoms. The fourth-order valence-corrected chi connectivity index (χ4v) is 10.6. The highest BCUT2D eigenvalue weighted by Gasteiger charge is 2.45. The van der Waals surface area contributed by atoms with E-state index in [1.165, 1.54) is 128 Å². The van der Waals surface area contributed by atoms with Crippen LogP contribution < -0.4 is 37.7 Å². The molecule has 0 amide bonds. The van der Waals surface area contributed by atoms with Gasteiger partial charge >= 0.3 is 0 Å². The summed E-state index contributed by atoms with van der Waals surface area (Å²) in [6.45, 7) is 32.8. The minimum atomic E-state index is -0.208. The SMILES string of the molecule is Cc1ccc2c(c1)B(c1c(C)c(C)c(C)c(C)c1C)c1cc(-c3ccc(C4=NC(C)(C)CO4)cc3)cc3c1N2c1ccc(C)cc1B3c1c(C)c(C)c(C)c(C)c1C. The van der Waals surface area contributed by atoms with E-state index >= 15 is 0 Å². The van der Waals surface area contributed by atoms with Crippen LogP contribution in [0.5, 0.6) is 0 Å². The fraction of sp³-hybridized carbons (Fsp3) is 0.302. The summed E-state index contributed by atoms with van der Waals surface area (Å²) in [5.41, 5.74) is 32.1. The van der Waals surface area contributed by atoms with Gasteiger partial charge in [-0.05, 0) is 188 Å². The first-order valence-electron chi connectivity index (χ1n) is 21.1. The molecule has 0 aromatic heterocycles. The summed E-state index contributed by atoms with van der Waals surface area (Å²) >= 11 is 0. The van der Waals surface area contributed by atoms with Crippen molar-refractivity contribution in [2.45, 2.75) is 102 Å². The third-order valence-corrected chi connectivity index (χ3v) is 14.6. The third kappa shape index (κ3) is 5.59. The number of nitrogens with zero attached hydrogens (tertiary/aromatic N) is 2. The molecule has 6 aromatic rings. The highest BCUT2D eigenvalue weighted by molar-refractivity contribution is 7.02.